The molecule has 0 bridgehead atoms. The third-order valence-corrected chi connectivity index (χ3v) is 5.16. The molecule has 1 heterocycles. The molecular formula is C16H13F2N3O5S. The number of halogens is 2. The lowest BCUT2D eigenvalue weighted by Gasteiger charge is -2.12. The standard InChI is InChI=1S/C16H13F2N3O5S/c1-8-6-11-12(20-15(23)14(22)19-11)7-13(8)27(24,25)21-9-2-4-10(5-3-9)26-16(17)18/h2-7,16,21H,1H3,(H,19,22)(H,20,23). The van der Waals surface area contributed by atoms with Crippen molar-refractivity contribution in [1.29, 1.82) is 0 Å². The number of hydrogen-bond donors (Lipinski definition) is 3. The average Bonchev–Trinajstić information content (AvgIpc) is 2.57. The van der Waals surface area contributed by atoms with Crippen LogP contribution in [0.15, 0.2) is 50.9 Å². The Balaban J connectivity index is 1.97. The lowest BCUT2D eigenvalue weighted by molar-refractivity contribution is -0.0498. The molecule has 3 rings (SSSR count). The van der Waals surface area contributed by atoms with Crippen LogP contribution in [0.1, 0.15) is 5.56 Å². The van der Waals surface area contributed by atoms with Crippen LogP contribution in [-0.4, -0.2) is 25.0 Å². The van der Waals surface area contributed by atoms with E-state index in [1.54, 1.807) is 0 Å². The molecule has 8 nitrogen and oxygen atoms in total. The van der Waals surface area contributed by atoms with Gasteiger partial charge in [-0.05, 0) is 48.9 Å². The third-order valence-electron chi connectivity index (χ3n) is 3.64. The molecule has 11 heteroatoms. The first-order chi connectivity index (χ1) is 12.7. The van der Waals surface area contributed by atoms with Gasteiger partial charge in [0, 0.05) is 5.69 Å². The summed E-state index contributed by atoms with van der Waals surface area (Å²) in [7, 11) is -4.05. The van der Waals surface area contributed by atoms with Crippen LogP contribution in [0, 0.1) is 6.92 Å². The molecule has 0 unspecified atom stereocenters. The fourth-order valence-electron chi connectivity index (χ4n) is 2.46. The maximum atomic E-state index is 12.7. The fraction of sp³-hybridized carbons (Fsp3) is 0.125. The van der Waals surface area contributed by atoms with Crippen molar-refractivity contribution >= 4 is 26.7 Å². The zero-order chi connectivity index (χ0) is 19.8. The SMILES string of the molecule is Cc1cc2[nH]c(=O)c(=O)[nH]c2cc1S(=O)(=O)Nc1ccc(OC(F)F)cc1. The minimum absolute atomic E-state index is 0.114. The lowest BCUT2D eigenvalue weighted by atomic mass is 10.2. The van der Waals surface area contributed by atoms with Gasteiger partial charge in [-0.25, -0.2) is 8.42 Å². The number of benzene rings is 2. The lowest BCUT2D eigenvalue weighted by Crippen LogP contribution is -2.29. The summed E-state index contributed by atoms with van der Waals surface area (Å²) in [6, 6.07) is 7.56. The van der Waals surface area contributed by atoms with Gasteiger partial charge < -0.3 is 14.7 Å². The maximum absolute atomic E-state index is 12.7. The number of aromatic nitrogens is 2. The second kappa shape index (κ2) is 6.83. The Morgan fingerprint density at radius 1 is 1.00 bits per heavy atom. The molecule has 1 aromatic heterocycles. The summed E-state index contributed by atoms with van der Waals surface area (Å²) < 4.78 is 56.1. The van der Waals surface area contributed by atoms with E-state index in [2.05, 4.69) is 19.4 Å². The summed E-state index contributed by atoms with van der Waals surface area (Å²) in [6.07, 6.45) is 0. The number of alkyl halides is 2. The van der Waals surface area contributed by atoms with Crippen molar-refractivity contribution in [1.82, 2.24) is 9.97 Å². The van der Waals surface area contributed by atoms with E-state index in [1.165, 1.54) is 43.3 Å². The Morgan fingerprint density at radius 3 is 2.11 bits per heavy atom. The number of rotatable bonds is 5. The molecule has 0 saturated heterocycles. The van der Waals surface area contributed by atoms with E-state index in [-0.39, 0.29) is 27.4 Å². The van der Waals surface area contributed by atoms with E-state index in [0.717, 1.165) is 0 Å². The number of ether oxygens (including phenoxy) is 1. The molecule has 0 radical (unpaired) electrons. The summed E-state index contributed by atoms with van der Waals surface area (Å²) in [6.45, 7) is -1.46. The first kappa shape index (κ1) is 18.6. The normalized spacial score (nSPS) is 11.7. The van der Waals surface area contributed by atoms with Crippen LogP contribution < -0.4 is 20.6 Å². The van der Waals surface area contributed by atoms with Gasteiger partial charge in [-0.3, -0.25) is 14.3 Å². The Hall–Kier alpha value is -3.21. The van der Waals surface area contributed by atoms with Gasteiger partial charge in [-0.1, -0.05) is 0 Å². The first-order valence-electron chi connectivity index (χ1n) is 7.50. The molecule has 0 atom stereocenters. The number of H-pyrrole nitrogens is 2. The smallest absolute Gasteiger partial charge is 0.387 e. The van der Waals surface area contributed by atoms with Crippen molar-refractivity contribution in [2.24, 2.45) is 0 Å². The fourth-order valence-corrected chi connectivity index (χ4v) is 3.77. The predicted octanol–water partition coefficient (Wildman–Crippen LogP) is 1.93. The Labute approximate surface area is 150 Å². The van der Waals surface area contributed by atoms with E-state index in [1.807, 2.05) is 0 Å². The van der Waals surface area contributed by atoms with Crippen molar-refractivity contribution in [3.05, 3.63) is 62.7 Å². The molecular weight excluding hydrogens is 384 g/mol. The Kier molecular flexibility index (Phi) is 4.70. The molecule has 0 saturated carbocycles. The van der Waals surface area contributed by atoms with Crippen LogP contribution in [0.3, 0.4) is 0 Å². The molecule has 3 N–H and O–H groups in total. The zero-order valence-electron chi connectivity index (χ0n) is 13.7. The van der Waals surface area contributed by atoms with E-state index in [9.17, 15) is 26.8 Å². The summed E-state index contributed by atoms with van der Waals surface area (Å²) >= 11 is 0. The van der Waals surface area contributed by atoms with Crippen molar-refractivity contribution in [3.8, 4) is 5.75 Å². The number of aryl methyl sites for hydroxylation is 1. The number of hydrogen-bond acceptors (Lipinski definition) is 5. The highest BCUT2D eigenvalue weighted by Gasteiger charge is 2.19. The van der Waals surface area contributed by atoms with Gasteiger partial charge in [0.2, 0.25) is 0 Å². The molecule has 142 valence electrons. The quantitative estimate of drug-likeness (QED) is 0.568. The molecule has 27 heavy (non-hydrogen) atoms. The van der Waals surface area contributed by atoms with Crippen LogP contribution in [0.4, 0.5) is 14.5 Å². The maximum Gasteiger partial charge on any atom is 0.387 e. The largest absolute Gasteiger partial charge is 0.435 e. The molecule has 0 amide bonds. The summed E-state index contributed by atoms with van der Waals surface area (Å²) in [5.74, 6) is -0.114. The number of fused-ring (bicyclic) bond motifs is 1. The van der Waals surface area contributed by atoms with Crippen molar-refractivity contribution in [2.45, 2.75) is 18.4 Å². The van der Waals surface area contributed by atoms with Gasteiger partial charge in [0.15, 0.2) is 0 Å². The van der Waals surface area contributed by atoms with E-state index < -0.39 is 27.8 Å². The second-order valence-electron chi connectivity index (χ2n) is 5.58. The molecule has 0 aliphatic heterocycles. The zero-order valence-corrected chi connectivity index (χ0v) is 14.6. The van der Waals surface area contributed by atoms with Crippen LogP contribution in [0.25, 0.3) is 11.0 Å². The van der Waals surface area contributed by atoms with Gasteiger partial charge >= 0.3 is 17.7 Å². The van der Waals surface area contributed by atoms with E-state index >= 15 is 0 Å². The van der Waals surface area contributed by atoms with Gasteiger partial charge in [0.1, 0.15) is 5.75 Å². The Bertz CT molecular complexity index is 1220. The highest BCUT2D eigenvalue weighted by molar-refractivity contribution is 7.92. The Morgan fingerprint density at radius 2 is 1.56 bits per heavy atom. The van der Waals surface area contributed by atoms with Crippen LogP contribution in [0.5, 0.6) is 5.75 Å². The van der Waals surface area contributed by atoms with Gasteiger partial charge in [-0.2, -0.15) is 8.78 Å². The van der Waals surface area contributed by atoms with Crippen molar-refractivity contribution < 1.29 is 21.9 Å². The summed E-state index contributed by atoms with van der Waals surface area (Å²) in [4.78, 5) is 27.4. The van der Waals surface area contributed by atoms with Crippen LogP contribution in [-0.2, 0) is 10.0 Å². The summed E-state index contributed by atoms with van der Waals surface area (Å²) in [5.41, 5.74) is -0.865. The molecule has 0 spiro atoms. The van der Waals surface area contributed by atoms with E-state index in [0.29, 0.717) is 5.56 Å². The van der Waals surface area contributed by atoms with Crippen LogP contribution >= 0.6 is 0 Å². The summed E-state index contributed by atoms with van der Waals surface area (Å²) in [5, 5.41) is 0. The molecule has 2 aromatic carbocycles. The van der Waals surface area contributed by atoms with Crippen molar-refractivity contribution in [3.63, 3.8) is 0 Å². The van der Waals surface area contributed by atoms with Crippen LogP contribution in [0.2, 0.25) is 0 Å². The molecule has 0 aliphatic rings. The van der Waals surface area contributed by atoms with Gasteiger partial charge in [0.25, 0.3) is 10.0 Å². The topological polar surface area (TPSA) is 121 Å². The van der Waals surface area contributed by atoms with Crippen molar-refractivity contribution in [2.75, 3.05) is 4.72 Å². The average molecular weight is 397 g/mol. The van der Waals surface area contributed by atoms with E-state index in [4.69, 9.17) is 0 Å². The highest BCUT2D eigenvalue weighted by atomic mass is 32.2. The minimum atomic E-state index is -4.05. The molecule has 0 aliphatic carbocycles. The highest BCUT2D eigenvalue weighted by Crippen LogP contribution is 2.24. The third kappa shape index (κ3) is 3.97. The molecule has 0 fully saturated rings. The number of sulfonamides is 1. The molecule has 3 aromatic rings. The second-order valence-corrected chi connectivity index (χ2v) is 7.23. The van der Waals surface area contributed by atoms with Gasteiger partial charge in [-0.15, -0.1) is 0 Å². The first-order valence-corrected chi connectivity index (χ1v) is 8.99. The van der Waals surface area contributed by atoms with Gasteiger partial charge in [0.05, 0.1) is 15.9 Å². The number of aromatic amines is 2. The predicted molar refractivity (Wildman–Crippen MR) is 93.8 cm³/mol. The number of nitrogens with one attached hydrogen (secondary N) is 3. The number of anilines is 1. The minimum Gasteiger partial charge on any atom is -0.435 e. The monoisotopic (exact) mass is 397 g/mol.